The van der Waals surface area contributed by atoms with Gasteiger partial charge < -0.3 is 11.1 Å². The molecule has 1 aromatic heterocycles. The third-order valence-electron chi connectivity index (χ3n) is 4.27. The van der Waals surface area contributed by atoms with Gasteiger partial charge in [-0.1, -0.05) is 19.8 Å². The number of nitrogens with two attached hydrogens (primary N) is 1. The molecule has 1 fully saturated rings. The highest BCUT2D eigenvalue weighted by Gasteiger charge is 2.32. The number of carbonyl (C=O) groups excluding carboxylic acids is 1. The molecule has 104 valence electrons. The zero-order valence-electron chi connectivity index (χ0n) is 11.8. The number of nitrogens with zero attached hydrogens (tertiary/aromatic N) is 1. The molecule has 19 heavy (non-hydrogen) atoms. The smallest absolute Gasteiger partial charge is 0.251 e. The normalized spacial score (nSPS) is 17.4. The van der Waals surface area contributed by atoms with E-state index in [2.05, 4.69) is 17.2 Å². The number of aromatic nitrogens is 1. The third-order valence-corrected chi connectivity index (χ3v) is 4.27. The van der Waals surface area contributed by atoms with E-state index in [1.165, 1.54) is 25.7 Å². The second-order valence-corrected chi connectivity index (χ2v) is 5.67. The highest BCUT2D eigenvalue weighted by molar-refractivity contribution is 5.94. The first kappa shape index (κ1) is 13.8. The molecule has 1 heterocycles. The van der Waals surface area contributed by atoms with Crippen LogP contribution < -0.4 is 11.1 Å². The van der Waals surface area contributed by atoms with Crippen LogP contribution >= 0.6 is 0 Å². The average molecular weight is 261 g/mol. The molecule has 0 saturated heterocycles. The Kier molecular flexibility index (Phi) is 4.08. The van der Waals surface area contributed by atoms with Crippen LogP contribution in [0.3, 0.4) is 0 Å². The Morgan fingerprint density at radius 3 is 2.68 bits per heavy atom. The molecule has 1 amide bonds. The number of rotatable bonds is 4. The lowest BCUT2D eigenvalue weighted by molar-refractivity contribution is 0.0928. The van der Waals surface area contributed by atoms with E-state index in [9.17, 15) is 4.79 Å². The van der Waals surface area contributed by atoms with E-state index in [4.69, 9.17) is 5.73 Å². The van der Waals surface area contributed by atoms with Gasteiger partial charge in [-0.2, -0.15) is 0 Å². The van der Waals surface area contributed by atoms with Gasteiger partial charge in [-0.25, -0.2) is 4.98 Å². The molecular weight excluding hydrogens is 238 g/mol. The molecule has 1 aliphatic rings. The minimum atomic E-state index is -0.0445. The fourth-order valence-corrected chi connectivity index (χ4v) is 2.98. The molecule has 0 aromatic carbocycles. The Hall–Kier alpha value is -1.58. The fourth-order valence-electron chi connectivity index (χ4n) is 2.98. The van der Waals surface area contributed by atoms with Gasteiger partial charge in [0.15, 0.2) is 0 Å². The van der Waals surface area contributed by atoms with Crippen LogP contribution in [0.15, 0.2) is 12.1 Å². The molecular formula is C15H23N3O. The molecule has 0 aliphatic heterocycles. The number of nitrogens with one attached hydrogen (secondary N) is 1. The zero-order valence-corrected chi connectivity index (χ0v) is 11.8. The van der Waals surface area contributed by atoms with Gasteiger partial charge >= 0.3 is 0 Å². The number of aryl methyl sites for hydroxylation is 1. The van der Waals surface area contributed by atoms with Crippen LogP contribution in [0.4, 0.5) is 5.82 Å². The molecule has 2 rings (SSSR count). The van der Waals surface area contributed by atoms with Gasteiger partial charge in [-0.15, -0.1) is 0 Å². The van der Waals surface area contributed by atoms with Crippen LogP contribution in [0.1, 0.15) is 55.1 Å². The van der Waals surface area contributed by atoms with Crippen molar-refractivity contribution in [1.29, 1.82) is 0 Å². The maximum atomic E-state index is 12.2. The first-order valence-electron chi connectivity index (χ1n) is 7.07. The van der Waals surface area contributed by atoms with Crippen molar-refractivity contribution in [2.75, 3.05) is 12.3 Å². The van der Waals surface area contributed by atoms with Crippen LogP contribution in [0, 0.1) is 12.3 Å². The maximum Gasteiger partial charge on any atom is 0.251 e. The lowest BCUT2D eigenvalue weighted by Crippen LogP contribution is -2.35. The van der Waals surface area contributed by atoms with Crippen molar-refractivity contribution in [3.05, 3.63) is 23.4 Å². The Morgan fingerprint density at radius 1 is 1.42 bits per heavy atom. The van der Waals surface area contributed by atoms with Crippen molar-refractivity contribution in [3.63, 3.8) is 0 Å². The number of hydrogen-bond donors (Lipinski definition) is 2. The van der Waals surface area contributed by atoms with Crippen molar-refractivity contribution in [2.45, 2.75) is 46.0 Å². The first-order chi connectivity index (χ1) is 9.04. The quantitative estimate of drug-likeness (QED) is 0.875. The van der Waals surface area contributed by atoms with Gasteiger partial charge in [0.1, 0.15) is 5.82 Å². The average Bonchev–Trinajstić information content (AvgIpc) is 2.84. The summed E-state index contributed by atoms with van der Waals surface area (Å²) in [7, 11) is 0. The predicted molar refractivity (Wildman–Crippen MR) is 76.9 cm³/mol. The molecule has 0 radical (unpaired) electrons. The highest BCUT2D eigenvalue weighted by Crippen LogP contribution is 2.40. The van der Waals surface area contributed by atoms with E-state index >= 15 is 0 Å². The largest absolute Gasteiger partial charge is 0.384 e. The zero-order chi connectivity index (χ0) is 13.9. The number of pyridine rings is 1. The topological polar surface area (TPSA) is 68.0 Å². The molecule has 0 unspecified atom stereocenters. The number of anilines is 1. The highest BCUT2D eigenvalue weighted by atomic mass is 16.1. The molecule has 1 saturated carbocycles. The lowest BCUT2D eigenvalue weighted by atomic mass is 9.83. The van der Waals surface area contributed by atoms with E-state index in [1.54, 1.807) is 12.1 Å². The van der Waals surface area contributed by atoms with E-state index in [0.717, 1.165) is 18.7 Å². The molecule has 4 heteroatoms. The molecule has 0 bridgehead atoms. The Labute approximate surface area is 114 Å². The molecule has 1 aromatic rings. The van der Waals surface area contributed by atoms with Crippen LogP contribution in [0.5, 0.6) is 0 Å². The van der Waals surface area contributed by atoms with Crippen LogP contribution in [-0.2, 0) is 0 Å². The standard InChI is InChI=1S/C15H23N3O/c1-3-15(6-4-5-7-15)10-17-14(19)12-8-11(2)18-13(16)9-12/h8-9H,3-7,10H2,1-2H3,(H2,16,18)(H,17,19). The second-order valence-electron chi connectivity index (χ2n) is 5.67. The van der Waals surface area contributed by atoms with Gasteiger partial charge in [0.25, 0.3) is 5.91 Å². The van der Waals surface area contributed by atoms with Crippen molar-refractivity contribution in [3.8, 4) is 0 Å². The summed E-state index contributed by atoms with van der Waals surface area (Å²) in [6.07, 6.45) is 6.14. The number of nitrogen functional groups attached to an aromatic ring is 1. The Morgan fingerprint density at radius 2 is 2.11 bits per heavy atom. The molecule has 1 aliphatic carbocycles. The maximum absolute atomic E-state index is 12.2. The van der Waals surface area contributed by atoms with E-state index in [1.807, 2.05) is 6.92 Å². The minimum absolute atomic E-state index is 0.0445. The van der Waals surface area contributed by atoms with E-state index in [0.29, 0.717) is 16.8 Å². The van der Waals surface area contributed by atoms with Crippen molar-refractivity contribution in [1.82, 2.24) is 10.3 Å². The first-order valence-corrected chi connectivity index (χ1v) is 7.07. The monoisotopic (exact) mass is 261 g/mol. The number of carbonyl (C=O) groups is 1. The van der Waals surface area contributed by atoms with E-state index < -0.39 is 0 Å². The summed E-state index contributed by atoms with van der Waals surface area (Å²) in [6, 6.07) is 3.41. The fraction of sp³-hybridized carbons (Fsp3) is 0.600. The minimum Gasteiger partial charge on any atom is -0.384 e. The summed E-state index contributed by atoms with van der Waals surface area (Å²) in [5.74, 6) is 0.355. The number of hydrogen-bond acceptors (Lipinski definition) is 3. The molecule has 4 nitrogen and oxygen atoms in total. The van der Waals surface area contributed by atoms with Gasteiger partial charge in [0.05, 0.1) is 0 Å². The lowest BCUT2D eigenvalue weighted by Gasteiger charge is -2.27. The second kappa shape index (κ2) is 5.59. The molecule has 0 spiro atoms. The van der Waals surface area contributed by atoms with Gasteiger partial charge in [0.2, 0.25) is 0 Å². The summed E-state index contributed by atoms with van der Waals surface area (Å²) < 4.78 is 0. The van der Waals surface area contributed by atoms with Gasteiger partial charge in [0, 0.05) is 17.8 Å². The van der Waals surface area contributed by atoms with Crippen molar-refractivity contribution >= 4 is 11.7 Å². The SMILES string of the molecule is CCC1(CNC(=O)c2cc(C)nc(N)c2)CCCC1. The van der Waals surface area contributed by atoms with Crippen molar-refractivity contribution < 1.29 is 4.79 Å². The van der Waals surface area contributed by atoms with Crippen LogP contribution in [-0.4, -0.2) is 17.4 Å². The summed E-state index contributed by atoms with van der Waals surface area (Å²) in [5, 5.41) is 3.06. The molecule has 3 N–H and O–H groups in total. The third kappa shape index (κ3) is 3.25. The summed E-state index contributed by atoms with van der Waals surface area (Å²) in [5.41, 5.74) is 7.37. The van der Waals surface area contributed by atoms with Crippen molar-refractivity contribution in [2.24, 2.45) is 5.41 Å². The molecule has 0 atom stereocenters. The Bertz CT molecular complexity index is 444. The van der Waals surface area contributed by atoms with Gasteiger partial charge in [-0.3, -0.25) is 4.79 Å². The van der Waals surface area contributed by atoms with Crippen LogP contribution in [0.2, 0.25) is 0 Å². The van der Waals surface area contributed by atoms with E-state index in [-0.39, 0.29) is 5.91 Å². The summed E-state index contributed by atoms with van der Waals surface area (Å²) in [4.78, 5) is 16.3. The van der Waals surface area contributed by atoms with Gasteiger partial charge in [-0.05, 0) is 43.7 Å². The summed E-state index contributed by atoms with van der Waals surface area (Å²) >= 11 is 0. The predicted octanol–water partition coefficient (Wildman–Crippen LogP) is 2.67. The van der Waals surface area contributed by atoms with Crippen LogP contribution in [0.25, 0.3) is 0 Å². The Balaban J connectivity index is 2.01. The number of amides is 1. The summed E-state index contributed by atoms with van der Waals surface area (Å²) in [6.45, 7) is 4.83.